The summed E-state index contributed by atoms with van der Waals surface area (Å²) in [6.07, 6.45) is 0. The molecule has 0 aliphatic rings. The molecule has 2 aromatic rings. The van der Waals surface area contributed by atoms with Crippen molar-refractivity contribution in [1.29, 1.82) is 0 Å². The number of anilines is 1. The predicted octanol–water partition coefficient (Wildman–Crippen LogP) is 2.22. The summed E-state index contributed by atoms with van der Waals surface area (Å²) in [6.45, 7) is 4.13. The molecule has 0 spiro atoms. The molecule has 116 valence electrons. The average molecular weight is 319 g/mol. The van der Waals surface area contributed by atoms with Gasteiger partial charge in [0.1, 0.15) is 18.1 Å². The first-order chi connectivity index (χ1) is 10.5. The maximum absolute atomic E-state index is 11.9. The van der Waals surface area contributed by atoms with Crippen LogP contribution in [0.5, 0.6) is 5.75 Å². The van der Waals surface area contributed by atoms with Crippen LogP contribution in [0.25, 0.3) is 0 Å². The van der Waals surface area contributed by atoms with E-state index in [1.165, 1.54) is 18.3 Å². The van der Waals surface area contributed by atoms with Gasteiger partial charge < -0.3 is 15.4 Å². The number of nitrogens with zero attached hydrogens (tertiary/aromatic N) is 1. The molecule has 0 fully saturated rings. The van der Waals surface area contributed by atoms with E-state index in [9.17, 15) is 9.59 Å². The largest absolute Gasteiger partial charge is 0.492 e. The van der Waals surface area contributed by atoms with Gasteiger partial charge in [-0.05, 0) is 24.6 Å². The second-order valence-electron chi connectivity index (χ2n) is 4.64. The third-order valence-electron chi connectivity index (χ3n) is 2.67. The highest BCUT2D eigenvalue weighted by molar-refractivity contribution is 7.14. The fourth-order valence-electron chi connectivity index (χ4n) is 1.72. The second kappa shape index (κ2) is 7.56. The lowest BCUT2D eigenvalue weighted by Crippen LogP contribution is -2.28. The number of amides is 2. The number of thiazole rings is 1. The lowest BCUT2D eigenvalue weighted by Gasteiger charge is -2.07. The Labute approximate surface area is 132 Å². The monoisotopic (exact) mass is 319 g/mol. The van der Waals surface area contributed by atoms with E-state index >= 15 is 0 Å². The molecule has 22 heavy (non-hydrogen) atoms. The molecular formula is C15H17N3O3S. The maximum Gasteiger partial charge on any atom is 0.270 e. The Morgan fingerprint density at radius 1 is 1.36 bits per heavy atom. The number of hydrogen-bond donors (Lipinski definition) is 2. The molecular weight excluding hydrogens is 302 g/mol. The Kier molecular flexibility index (Phi) is 5.48. The van der Waals surface area contributed by atoms with Gasteiger partial charge in [0.2, 0.25) is 5.91 Å². The highest BCUT2D eigenvalue weighted by Gasteiger charge is 2.10. The summed E-state index contributed by atoms with van der Waals surface area (Å²) in [4.78, 5) is 26.8. The van der Waals surface area contributed by atoms with Crippen molar-refractivity contribution in [2.24, 2.45) is 0 Å². The van der Waals surface area contributed by atoms with Crippen LogP contribution in [0.1, 0.15) is 23.0 Å². The Morgan fingerprint density at radius 3 is 2.91 bits per heavy atom. The average Bonchev–Trinajstić information content (AvgIpc) is 2.91. The van der Waals surface area contributed by atoms with E-state index < -0.39 is 0 Å². The van der Waals surface area contributed by atoms with Gasteiger partial charge in [-0.1, -0.05) is 12.1 Å². The van der Waals surface area contributed by atoms with Crippen molar-refractivity contribution in [3.8, 4) is 5.75 Å². The van der Waals surface area contributed by atoms with Gasteiger partial charge in [0.05, 0.1) is 6.54 Å². The summed E-state index contributed by atoms with van der Waals surface area (Å²) >= 11 is 1.21. The lowest BCUT2D eigenvalue weighted by atomic mass is 10.2. The Hall–Kier alpha value is -2.41. The van der Waals surface area contributed by atoms with Crippen LogP contribution in [-0.4, -0.2) is 29.9 Å². The summed E-state index contributed by atoms with van der Waals surface area (Å²) in [5.41, 5.74) is 1.40. The topological polar surface area (TPSA) is 80.3 Å². The summed E-state index contributed by atoms with van der Waals surface area (Å²) in [5.74, 6) is 0.268. The molecule has 0 radical (unpaired) electrons. The number of aryl methyl sites for hydroxylation is 1. The van der Waals surface area contributed by atoms with Crippen LogP contribution in [-0.2, 0) is 4.79 Å². The molecule has 1 aromatic heterocycles. The van der Waals surface area contributed by atoms with Crippen LogP contribution < -0.4 is 15.4 Å². The standard InChI is InChI=1S/C15H17N3O3S/c1-10-4-3-5-12(8-10)21-7-6-16-14(20)13-9-22-15(18-13)17-11(2)19/h3-5,8-9H,6-7H2,1-2H3,(H,16,20)(H,17,18,19). The molecule has 0 unspecified atom stereocenters. The van der Waals surface area contributed by atoms with E-state index in [0.29, 0.717) is 18.3 Å². The van der Waals surface area contributed by atoms with Gasteiger partial charge in [0.15, 0.2) is 5.13 Å². The van der Waals surface area contributed by atoms with Gasteiger partial charge in [-0.2, -0.15) is 0 Å². The summed E-state index contributed by atoms with van der Waals surface area (Å²) in [5, 5.41) is 7.27. The minimum atomic E-state index is -0.291. The lowest BCUT2D eigenvalue weighted by molar-refractivity contribution is -0.114. The first-order valence-corrected chi connectivity index (χ1v) is 7.63. The Morgan fingerprint density at radius 2 is 2.18 bits per heavy atom. The van der Waals surface area contributed by atoms with Crippen LogP contribution in [0.2, 0.25) is 0 Å². The molecule has 7 heteroatoms. The molecule has 6 nitrogen and oxygen atoms in total. The third-order valence-corrected chi connectivity index (χ3v) is 3.42. The summed E-state index contributed by atoms with van der Waals surface area (Å²) in [7, 11) is 0. The van der Waals surface area contributed by atoms with Gasteiger partial charge in [-0.15, -0.1) is 11.3 Å². The number of carbonyl (C=O) groups excluding carboxylic acids is 2. The van der Waals surface area contributed by atoms with E-state index in [4.69, 9.17) is 4.74 Å². The van der Waals surface area contributed by atoms with Crippen molar-refractivity contribution in [1.82, 2.24) is 10.3 Å². The van der Waals surface area contributed by atoms with Crippen molar-refractivity contribution in [3.63, 3.8) is 0 Å². The van der Waals surface area contributed by atoms with Crippen LogP contribution in [0.3, 0.4) is 0 Å². The highest BCUT2D eigenvalue weighted by Crippen LogP contribution is 2.15. The number of carbonyl (C=O) groups is 2. The predicted molar refractivity (Wildman–Crippen MR) is 85.4 cm³/mol. The van der Waals surface area contributed by atoms with E-state index in [0.717, 1.165) is 11.3 Å². The van der Waals surface area contributed by atoms with Crippen molar-refractivity contribution in [2.75, 3.05) is 18.5 Å². The van der Waals surface area contributed by atoms with Crippen molar-refractivity contribution in [2.45, 2.75) is 13.8 Å². The second-order valence-corrected chi connectivity index (χ2v) is 5.50. The number of aromatic nitrogens is 1. The van der Waals surface area contributed by atoms with Crippen LogP contribution >= 0.6 is 11.3 Å². The van der Waals surface area contributed by atoms with Gasteiger partial charge in [0, 0.05) is 12.3 Å². The van der Waals surface area contributed by atoms with Crippen molar-refractivity contribution >= 4 is 28.3 Å². The number of benzene rings is 1. The zero-order valence-electron chi connectivity index (χ0n) is 12.4. The minimum absolute atomic E-state index is 0.215. The van der Waals surface area contributed by atoms with Crippen LogP contribution in [0.15, 0.2) is 29.6 Å². The van der Waals surface area contributed by atoms with Gasteiger partial charge in [-0.25, -0.2) is 4.98 Å². The molecule has 0 aliphatic carbocycles. The Balaban J connectivity index is 1.75. The Bertz CT molecular complexity index is 670. The molecule has 0 saturated carbocycles. The molecule has 2 rings (SSSR count). The molecule has 1 aromatic carbocycles. The zero-order valence-corrected chi connectivity index (χ0v) is 13.2. The molecule has 0 bridgehead atoms. The molecule has 0 aliphatic heterocycles. The fourth-order valence-corrected chi connectivity index (χ4v) is 2.45. The van der Waals surface area contributed by atoms with Crippen molar-refractivity contribution in [3.05, 3.63) is 40.9 Å². The number of hydrogen-bond acceptors (Lipinski definition) is 5. The first kappa shape index (κ1) is 16.0. The first-order valence-electron chi connectivity index (χ1n) is 6.75. The smallest absolute Gasteiger partial charge is 0.270 e. The quantitative estimate of drug-likeness (QED) is 0.800. The zero-order chi connectivity index (χ0) is 15.9. The highest BCUT2D eigenvalue weighted by atomic mass is 32.1. The minimum Gasteiger partial charge on any atom is -0.492 e. The van der Waals surface area contributed by atoms with Gasteiger partial charge in [-0.3, -0.25) is 9.59 Å². The van der Waals surface area contributed by atoms with Gasteiger partial charge >= 0.3 is 0 Å². The van der Waals surface area contributed by atoms with Crippen molar-refractivity contribution < 1.29 is 14.3 Å². The van der Waals surface area contributed by atoms with E-state index in [1.54, 1.807) is 5.38 Å². The normalized spacial score (nSPS) is 10.1. The number of ether oxygens (including phenoxy) is 1. The fraction of sp³-hybridized carbons (Fsp3) is 0.267. The maximum atomic E-state index is 11.9. The molecule has 0 atom stereocenters. The van der Waals surface area contributed by atoms with Crippen LogP contribution in [0, 0.1) is 6.92 Å². The molecule has 2 N–H and O–H groups in total. The molecule has 1 heterocycles. The summed E-state index contributed by atoms with van der Waals surface area (Å²) < 4.78 is 5.54. The number of rotatable bonds is 6. The van der Waals surface area contributed by atoms with E-state index in [-0.39, 0.29) is 17.5 Å². The number of nitrogens with one attached hydrogen (secondary N) is 2. The summed E-state index contributed by atoms with van der Waals surface area (Å²) in [6, 6.07) is 7.71. The van der Waals surface area contributed by atoms with E-state index in [2.05, 4.69) is 15.6 Å². The van der Waals surface area contributed by atoms with E-state index in [1.807, 2.05) is 31.2 Å². The van der Waals surface area contributed by atoms with Gasteiger partial charge in [0.25, 0.3) is 5.91 Å². The van der Waals surface area contributed by atoms with Crippen LogP contribution in [0.4, 0.5) is 5.13 Å². The molecule has 0 saturated heterocycles. The SMILES string of the molecule is CC(=O)Nc1nc(C(=O)NCCOc2cccc(C)c2)cs1. The third kappa shape index (κ3) is 4.85. The molecule has 2 amide bonds.